The van der Waals surface area contributed by atoms with Gasteiger partial charge in [0.2, 0.25) is 5.91 Å². The number of benzene rings is 2. The number of carbonyl (C=O) groups excluding carboxylic acids is 1. The van der Waals surface area contributed by atoms with E-state index in [4.69, 9.17) is 16.3 Å². The lowest BCUT2D eigenvalue weighted by atomic mass is 9.95. The van der Waals surface area contributed by atoms with Crippen LogP contribution in [0.1, 0.15) is 32.1 Å². The van der Waals surface area contributed by atoms with Gasteiger partial charge in [-0.15, -0.1) is 10.2 Å². The summed E-state index contributed by atoms with van der Waals surface area (Å²) in [7, 11) is 1.63. The number of nitrogens with one attached hydrogen (secondary N) is 1. The fraction of sp³-hybridized carbons (Fsp3) is 0.348. The van der Waals surface area contributed by atoms with Gasteiger partial charge in [0.1, 0.15) is 5.75 Å². The fourth-order valence-electron chi connectivity index (χ4n) is 3.78. The van der Waals surface area contributed by atoms with Crippen LogP contribution in [0.15, 0.2) is 53.7 Å². The van der Waals surface area contributed by atoms with Crippen molar-refractivity contribution in [3.05, 3.63) is 53.6 Å². The van der Waals surface area contributed by atoms with Crippen molar-refractivity contribution in [2.24, 2.45) is 0 Å². The van der Waals surface area contributed by atoms with E-state index in [0.29, 0.717) is 27.8 Å². The number of carbonyl (C=O) groups is 1. The van der Waals surface area contributed by atoms with Crippen LogP contribution in [0.5, 0.6) is 5.75 Å². The van der Waals surface area contributed by atoms with E-state index in [1.54, 1.807) is 7.11 Å². The van der Waals surface area contributed by atoms with Gasteiger partial charge in [0, 0.05) is 22.3 Å². The fourth-order valence-corrected chi connectivity index (χ4v) is 4.67. The third-order valence-corrected chi connectivity index (χ3v) is 6.53. The number of amides is 1. The van der Waals surface area contributed by atoms with Crippen molar-refractivity contribution in [2.45, 2.75) is 43.3 Å². The molecule has 6 nitrogen and oxygen atoms in total. The van der Waals surface area contributed by atoms with Gasteiger partial charge in [-0.2, -0.15) is 0 Å². The number of nitrogens with zero attached hydrogens (tertiary/aromatic N) is 3. The normalized spacial score (nSPS) is 14.4. The highest BCUT2D eigenvalue weighted by Gasteiger charge is 2.20. The molecule has 8 heteroatoms. The molecule has 1 aromatic heterocycles. The van der Waals surface area contributed by atoms with E-state index >= 15 is 0 Å². The summed E-state index contributed by atoms with van der Waals surface area (Å²) in [6.45, 7) is 0. The second-order valence-corrected chi connectivity index (χ2v) is 8.92. The number of hydrogen-bond acceptors (Lipinski definition) is 5. The van der Waals surface area contributed by atoms with E-state index in [0.717, 1.165) is 29.8 Å². The smallest absolute Gasteiger partial charge is 0.230 e. The Morgan fingerprint density at radius 1 is 1.16 bits per heavy atom. The standard InChI is InChI=1S/C23H25ClN4O2S/c1-30-20-9-5-6-16(14-20)22-26-27-23(28(22)19-12-10-17(24)11-13-19)31-15-21(29)25-18-7-3-2-4-8-18/h5-6,9-14,18H,2-4,7-8,15H2,1H3,(H,25,29). The maximum Gasteiger partial charge on any atom is 0.230 e. The first-order valence-corrected chi connectivity index (χ1v) is 11.8. The summed E-state index contributed by atoms with van der Waals surface area (Å²) in [5.41, 5.74) is 1.75. The van der Waals surface area contributed by atoms with Gasteiger partial charge in [-0.3, -0.25) is 9.36 Å². The second-order valence-electron chi connectivity index (χ2n) is 7.54. The molecule has 0 atom stereocenters. The molecule has 1 aliphatic rings. The van der Waals surface area contributed by atoms with Crippen molar-refractivity contribution in [3.8, 4) is 22.8 Å². The van der Waals surface area contributed by atoms with Gasteiger partial charge in [-0.25, -0.2) is 0 Å². The molecule has 31 heavy (non-hydrogen) atoms. The third-order valence-electron chi connectivity index (χ3n) is 5.35. The molecule has 1 heterocycles. The summed E-state index contributed by atoms with van der Waals surface area (Å²) in [5.74, 6) is 1.74. The number of ether oxygens (including phenoxy) is 1. The minimum atomic E-state index is 0.0329. The molecule has 0 saturated heterocycles. The van der Waals surface area contributed by atoms with E-state index in [2.05, 4.69) is 15.5 Å². The van der Waals surface area contributed by atoms with E-state index in [1.807, 2.05) is 53.1 Å². The summed E-state index contributed by atoms with van der Waals surface area (Å²) >= 11 is 7.47. The highest BCUT2D eigenvalue weighted by Crippen LogP contribution is 2.30. The Hall–Kier alpha value is -2.51. The van der Waals surface area contributed by atoms with Crippen molar-refractivity contribution in [3.63, 3.8) is 0 Å². The Morgan fingerprint density at radius 2 is 1.94 bits per heavy atom. The number of halogens is 1. The van der Waals surface area contributed by atoms with Crippen LogP contribution in [0.3, 0.4) is 0 Å². The van der Waals surface area contributed by atoms with E-state index in [1.165, 1.54) is 31.0 Å². The van der Waals surface area contributed by atoms with Crippen LogP contribution in [0.25, 0.3) is 17.1 Å². The highest BCUT2D eigenvalue weighted by atomic mass is 35.5. The van der Waals surface area contributed by atoms with Crippen molar-refractivity contribution < 1.29 is 9.53 Å². The molecule has 1 amide bonds. The van der Waals surface area contributed by atoms with Crippen molar-refractivity contribution in [1.29, 1.82) is 0 Å². The Kier molecular flexibility index (Phi) is 7.14. The largest absolute Gasteiger partial charge is 0.497 e. The van der Waals surface area contributed by atoms with Gasteiger partial charge in [-0.05, 0) is 49.2 Å². The van der Waals surface area contributed by atoms with Crippen LogP contribution in [0, 0.1) is 0 Å². The monoisotopic (exact) mass is 456 g/mol. The quantitative estimate of drug-likeness (QED) is 0.498. The molecule has 0 aliphatic heterocycles. The minimum Gasteiger partial charge on any atom is -0.497 e. The summed E-state index contributed by atoms with van der Waals surface area (Å²) in [4.78, 5) is 12.5. The van der Waals surface area contributed by atoms with Gasteiger partial charge in [-0.1, -0.05) is 54.8 Å². The Balaban J connectivity index is 1.59. The van der Waals surface area contributed by atoms with E-state index in [-0.39, 0.29) is 5.91 Å². The van der Waals surface area contributed by atoms with E-state index in [9.17, 15) is 4.79 Å². The van der Waals surface area contributed by atoms with Gasteiger partial charge < -0.3 is 10.1 Å². The molecule has 162 valence electrons. The second kappa shape index (κ2) is 10.2. The number of rotatable bonds is 7. The maximum absolute atomic E-state index is 12.5. The molecule has 0 unspecified atom stereocenters. The van der Waals surface area contributed by atoms with Gasteiger partial charge >= 0.3 is 0 Å². The van der Waals surface area contributed by atoms with Crippen LogP contribution in [-0.4, -0.2) is 39.6 Å². The lowest BCUT2D eigenvalue weighted by Gasteiger charge is -2.22. The van der Waals surface area contributed by atoms with Gasteiger partial charge in [0.05, 0.1) is 12.9 Å². The minimum absolute atomic E-state index is 0.0329. The lowest BCUT2D eigenvalue weighted by Crippen LogP contribution is -2.37. The predicted molar refractivity (Wildman–Crippen MR) is 124 cm³/mol. The molecular formula is C23H25ClN4O2S. The molecule has 4 rings (SSSR count). The SMILES string of the molecule is COc1cccc(-c2nnc(SCC(=O)NC3CCCCC3)n2-c2ccc(Cl)cc2)c1. The Labute approximate surface area is 191 Å². The van der Waals surface area contributed by atoms with Crippen molar-refractivity contribution in [2.75, 3.05) is 12.9 Å². The van der Waals surface area contributed by atoms with Crippen LogP contribution in [0.4, 0.5) is 0 Å². The number of methoxy groups -OCH3 is 1. The molecule has 0 bridgehead atoms. The Morgan fingerprint density at radius 3 is 2.68 bits per heavy atom. The first-order chi connectivity index (χ1) is 15.1. The first-order valence-electron chi connectivity index (χ1n) is 10.4. The summed E-state index contributed by atoms with van der Waals surface area (Å²) in [6.07, 6.45) is 5.77. The lowest BCUT2D eigenvalue weighted by molar-refractivity contribution is -0.119. The number of hydrogen-bond donors (Lipinski definition) is 1. The average Bonchev–Trinajstić information content (AvgIpc) is 3.23. The van der Waals surface area contributed by atoms with Crippen LogP contribution < -0.4 is 10.1 Å². The first kappa shape index (κ1) is 21.7. The predicted octanol–water partition coefficient (Wildman–Crippen LogP) is 5.14. The van der Waals surface area contributed by atoms with Crippen molar-refractivity contribution in [1.82, 2.24) is 20.1 Å². The number of thioether (sulfide) groups is 1. The summed E-state index contributed by atoms with van der Waals surface area (Å²) in [6, 6.07) is 15.5. The molecule has 0 radical (unpaired) electrons. The van der Waals surface area contributed by atoms with E-state index < -0.39 is 0 Å². The number of aromatic nitrogens is 3. The molecule has 3 aromatic rings. The molecule has 1 aliphatic carbocycles. The zero-order chi connectivity index (χ0) is 21.6. The summed E-state index contributed by atoms with van der Waals surface area (Å²) in [5, 5.41) is 13.3. The average molecular weight is 457 g/mol. The zero-order valence-electron chi connectivity index (χ0n) is 17.4. The van der Waals surface area contributed by atoms with Gasteiger partial charge in [0.25, 0.3) is 0 Å². The van der Waals surface area contributed by atoms with Crippen molar-refractivity contribution >= 4 is 29.3 Å². The molecule has 1 saturated carbocycles. The molecule has 1 N–H and O–H groups in total. The van der Waals surface area contributed by atoms with Crippen LogP contribution in [0.2, 0.25) is 5.02 Å². The summed E-state index contributed by atoms with van der Waals surface area (Å²) < 4.78 is 7.31. The highest BCUT2D eigenvalue weighted by molar-refractivity contribution is 7.99. The third kappa shape index (κ3) is 5.40. The maximum atomic E-state index is 12.5. The van der Waals surface area contributed by atoms with Crippen LogP contribution in [-0.2, 0) is 4.79 Å². The molecule has 2 aromatic carbocycles. The molecular weight excluding hydrogens is 432 g/mol. The van der Waals surface area contributed by atoms with Crippen LogP contribution >= 0.6 is 23.4 Å². The molecule has 0 spiro atoms. The van der Waals surface area contributed by atoms with Gasteiger partial charge in [0.15, 0.2) is 11.0 Å². The Bertz CT molecular complexity index is 1030. The molecule has 1 fully saturated rings. The topological polar surface area (TPSA) is 69.0 Å². The zero-order valence-corrected chi connectivity index (χ0v) is 19.0.